The van der Waals surface area contributed by atoms with Gasteiger partial charge in [-0.15, -0.1) is 0 Å². The topological polar surface area (TPSA) is 46.1 Å². The lowest BCUT2D eigenvalue weighted by atomic mass is 10.3. The van der Waals surface area contributed by atoms with Crippen LogP contribution in [0.3, 0.4) is 0 Å². The van der Waals surface area contributed by atoms with E-state index in [-0.39, 0.29) is 0 Å². The molecular formula is C20H33BrN6. The van der Waals surface area contributed by atoms with Gasteiger partial charge in [0.15, 0.2) is 5.96 Å². The van der Waals surface area contributed by atoms with Crippen LogP contribution in [0.5, 0.6) is 0 Å². The van der Waals surface area contributed by atoms with E-state index < -0.39 is 0 Å². The number of hydrogen-bond acceptors (Lipinski definition) is 4. The second-order valence-corrected chi connectivity index (χ2v) is 8.47. The first kappa shape index (κ1) is 20.4. The zero-order valence-electron chi connectivity index (χ0n) is 16.6. The predicted octanol–water partition coefficient (Wildman–Crippen LogP) is 1.83. The van der Waals surface area contributed by atoms with Gasteiger partial charge in [0.25, 0.3) is 0 Å². The van der Waals surface area contributed by atoms with Gasteiger partial charge in [-0.1, -0.05) is 15.9 Å². The lowest BCUT2D eigenvalue weighted by Crippen LogP contribution is -2.46. The molecule has 2 aliphatic heterocycles. The van der Waals surface area contributed by atoms with Crippen molar-refractivity contribution < 1.29 is 0 Å². The maximum Gasteiger partial charge on any atom is 0.191 e. The van der Waals surface area contributed by atoms with Crippen molar-refractivity contribution >= 4 is 27.6 Å². The Morgan fingerprint density at radius 3 is 2.74 bits per heavy atom. The van der Waals surface area contributed by atoms with E-state index in [2.05, 4.69) is 77.6 Å². The van der Waals surface area contributed by atoms with Crippen LogP contribution in [0.2, 0.25) is 0 Å². The molecule has 3 rings (SSSR count). The van der Waals surface area contributed by atoms with Gasteiger partial charge in [-0.05, 0) is 57.2 Å². The summed E-state index contributed by atoms with van der Waals surface area (Å²) in [7, 11) is 4.07. The number of hydrogen-bond donors (Lipinski definition) is 2. The van der Waals surface area contributed by atoms with Gasteiger partial charge in [-0.3, -0.25) is 4.99 Å². The summed E-state index contributed by atoms with van der Waals surface area (Å²) in [6.07, 6.45) is 2.40. The van der Waals surface area contributed by atoms with Gasteiger partial charge in [0.1, 0.15) is 0 Å². The number of anilines is 1. The molecule has 1 unspecified atom stereocenters. The first-order valence-electron chi connectivity index (χ1n) is 10.0. The predicted molar refractivity (Wildman–Crippen MR) is 118 cm³/mol. The summed E-state index contributed by atoms with van der Waals surface area (Å²) in [5, 5.41) is 7.09. The maximum atomic E-state index is 4.42. The van der Waals surface area contributed by atoms with Gasteiger partial charge >= 0.3 is 0 Å². The molecule has 0 saturated carbocycles. The minimum atomic E-state index is 0.437. The highest BCUT2D eigenvalue weighted by Crippen LogP contribution is 2.22. The smallest absolute Gasteiger partial charge is 0.191 e. The molecule has 0 aliphatic carbocycles. The summed E-state index contributed by atoms with van der Waals surface area (Å²) in [5.74, 6) is 0.921. The van der Waals surface area contributed by atoms with Gasteiger partial charge in [0.2, 0.25) is 0 Å². The SMILES string of the molecule is CN=C(NCCN1CCCN(C)CC1)NC1CCN(c2ccc(Br)cc2)C1. The van der Waals surface area contributed by atoms with E-state index in [0.717, 1.165) is 49.6 Å². The highest BCUT2D eigenvalue weighted by Gasteiger charge is 2.23. The third kappa shape index (κ3) is 6.36. The van der Waals surface area contributed by atoms with Crippen molar-refractivity contribution in [1.29, 1.82) is 0 Å². The molecule has 0 amide bonds. The molecule has 0 aromatic heterocycles. The zero-order chi connectivity index (χ0) is 19.1. The Hall–Kier alpha value is -1.31. The molecule has 2 saturated heterocycles. The molecule has 1 aromatic rings. The first-order chi connectivity index (χ1) is 13.1. The number of likely N-dealkylation sites (N-methyl/N-ethyl adjacent to an activating group) is 1. The first-order valence-corrected chi connectivity index (χ1v) is 10.8. The Morgan fingerprint density at radius 1 is 1.15 bits per heavy atom. The number of guanidine groups is 1. The van der Waals surface area contributed by atoms with Crippen molar-refractivity contribution in [3.63, 3.8) is 0 Å². The van der Waals surface area contributed by atoms with E-state index >= 15 is 0 Å². The molecule has 1 atom stereocenters. The summed E-state index contributed by atoms with van der Waals surface area (Å²) in [4.78, 5) is 11.8. The fourth-order valence-electron chi connectivity index (χ4n) is 3.81. The van der Waals surface area contributed by atoms with Crippen LogP contribution in [0.4, 0.5) is 5.69 Å². The van der Waals surface area contributed by atoms with Gasteiger partial charge in [0.05, 0.1) is 0 Å². The van der Waals surface area contributed by atoms with Crippen molar-refractivity contribution in [2.45, 2.75) is 18.9 Å². The molecule has 2 fully saturated rings. The van der Waals surface area contributed by atoms with Crippen LogP contribution in [0.1, 0.15) is 12.8 Å². The fourth-order valence-corrected chi connectivity index (χ4v) is 4.07. The Bertz CT molecular complexity index is 605. The molecule has 150 valence electrons. The van der Waals surface area contributed by atoms with Crippen LogP contribution in [0.15, 0.2) is 33.7 Å². The largest absolute Gasteiger partial charge is 0.369 e. The standard InChI is InChI=1S/C20H33BrN6/c1-22-20(23-9-13-26-11-3-10-25(2)14-15-26)24-18-8-12-27(16-18)19-6-4-17(21)5-7-19/h4-7,18H,3,8-16H2,1-2H3,(H2,22,23,24). The average Bonchev–Trinajstić information content (AvgIpc) is 3.03. The van der Waals surface area contributed by atoms with E-state index in [1.54, 1.807) is 0 Å². The van der Waals surface area contributed by atoms with Crippen LogP contribution in [0.25, 0.3) is 0 Å². The van der Waals surface area contributed by atoms with Crippen molar-refractivity contribution in [2.75, 3.05) is 71.4 Å². The summed E-state index contributed by atoms with van der Waals surface area (Å²) >= 11 is 3.51. The monoisotopic (exact) mass is 436 g/mol. The van der Waals surface area contributed by atoms with Crippen molar-refractivity contribution in [1.82, 2.24) is 20.4 Å². The van der Waals surface area contributed by atoms with Crippen molar-refractivity contribution in [3.05, 3.63) is 28.7 Å². The minimum Gasteiger partial charge on any atom is -0.369 e. The summed E-state index contributed by atoms with van der Waals surface area (Å²) in [6, 6.07) is 9.01. The van der Waals surface area contributed by atoms with Gasteiger partial charge in [0, 0.05) is 62.5 Å². The average molecular weight is 437 g/mol. The molecule has 0 radical (unpaired) electrons. The van der Waals surface area contributed by atoms with E-state index in [4.69, 9.17) is 0 Å². The van der Waals surface area contributed by atoms with Crippen LogP contribution < -0.4 is 15.5 Å². The van der Waals surface area contributed by atoms with E-state index in [1.807, 2.05) is 7.05 Å². The van der Waals surface area contributed by atoms with E-state index in [9.17, 15) is 0 Å². The molecule has 0 bridgehead atoms. The van der Waals surface area contributed by atoms with E-state index in [1.165, 1.54) is 31.7 Å². The van der Waals surface area contributed by atoms with Crippen LogP contribution >= 0.6 is 15.9 Å². The molecular weight excluding hydrogens is 404 g/mol. The number of aliphatic imine (C=N–C) groups is 1. The summed E-state index contributed by atoms with van der Waals surface area (Å²) < 4.78 is 1.13. The molecule has 2 heterocycles. The number of nitrogens with one attached hydrogen (secondary N) is 2. The second-order valence-electron chi connectivity index (χ2n) is 7.55. The van der Waals surface area contributed by atoms with Crippen molar-refractivity contribution in [2.24, 2.45) is 4.99 Å². The summed E-state index contributed by atoms with van der Waals surface area (Å²) in [6.45, 7) is 8.84. The maximum absolute atomic E-state index is 4.42. The Labute approximate surface area is 172 Å². The van der Waals surface area contributed by atoms with Gasteiger partial charge < -0.3 is 25.3 Å². The molecule has 1 aromatic carbocycles. The third-order valence-corrected chi connectivity index (χ3v) is 6.01. The highest BCUT2D eigenvalue weighted by molar-refractivity contribution is 9.10. The minimum absolute atomic E-state index is 0.437. The zero-order valence-corrected chi connectivity index (χ0v) is 18.2. The van der Waals surface area contributed by atoms with Gasteiger partial charge in [-0.25, -0.2) is 0 Å². The van der Waals surface area contributed by atoms with Crippen LogP contribution in [-0.4, -0.2) is 88.3 Å². The molecule has 2 aliphatic rings. The van der Waals surface area contributed by atoms with Crippen LogP contribution in [-0.2, 0) is 0 Å². The Morgan fingerprint density at radius 2 is 1.96 bits per heavy atom. The van der Waals surface area contributed by atoms with Crippen molar-refractivity contribution in [3.8, 4) is 0 Å². The molecule has 0 spiro atoms. The molecule has 6 nitrogen and oxygen atoms in total. The highest BCUT2D eigenvalue weighted by atomic mass is 79.9. The molecule has 2 N–H and O–H groups in total. The quantitative estimate of drug-likeness (QED) is 0.544. The molecule has 27 heavy (non-hydrogen) atoms. The number of halogens is 1. The normalized spacial score (nSPS) is 22.7. The lowest BCUT2D eigenvalue weighted by molar-refractivity contribution is 0.280. The number of rotatable bonds is 5. The number of nitrogens with zero attached hydrogens (tertiary/aromatic N) is 4. The lowest BCUT2D eigenvalue weighted by Gasteiger charge is -2.22. The third-order valence-electron chi connectivity index (χ3n) is 5.48. The molecule has 7 heteroatoms. The summed E-state index contributed by atoms with van der Waals surface area (Å²) in [5.41, 5.74) is 1.29. The van der Waals surface area contributed by atoms with Gasteiger partial charge in [-0.2, -0.15) is 0 Å². The number of benzene rings is 1. The Kier molecular flexibility index (Phi) is 7.79. The van der Waals surface area contributed by atoms with E-state index in [0.29, 0.717) is 6.04 Å². The second kappa shape index (κ2) is 10.3. The van der Waals surface area contributed by atoms with Crippen LogP contribution in [0, 0.1) is 0 Å². The Balaban J connectivity index is 1.39. The fraction of sp³-hybridized carbons (Fsp3) is 0.650.